The SMILES string of the molecule is COc1cccc(C(CO)CCC(=O)N2CC(C)N(c3ccc(C#N)cn3)C(C)C2)c1. The first-order valence-electron chi connectivity index (χ1n) is 10.6. The van der Waals surface area contributed by atoms with Gasteiger partial charge in [-0.2, -0.15) is 5.26 Å². The van der Waals surface area contributed by atoms with Gasteiger partial charge in [-0.05, 0) is 50.1 Å². The summed E-state index contributed by atoms with van der Waals surface area (Å²) in [5, 5.41) is 18.8. The predicted octanol–water partition coefficient (Wildman–Crippen LogP) is 2.94. The molecule has 7 nitrogen and oxygen atoms in total. The number of aliphatic hydroxyl groups excluding tert-OH is 1. The van der Waals surface area contributed by atoms with Gasteiger partial charge in [0.15, 0.2) is 0 Å². The number of benzene rings is 1. The maximum Gasteiger partial charge on any atom is 0.222 e. The van der Waals surface area contributed by atoms with Crippen molar-refractivity contribution in [1.82, 2.24) is 9.88 Å². The Morgan fingerprint density at radius 3 is 2.61 bits per heavy atom. The zero-order valence-electron chi connectivity index (χ0n) is 18.4. The summed E-state index contributed by atoms with van der Waals surface area (Å²) in [6, 6.07) is 13.6. The summed E-state index contributed by atoms with van der Waals surface area (Å²) in [6.45, 7) is 5.40. The van der Waals surface area contributed by atoms with Gasteiger partial charge >= 0.3 is 0 Å². The molecule has 1 saturated heterocycles. The maximum atomic E-state index is 12.9. The van der Waals surface area contributed by atoms with Crippen molar-refractivity contribution in [2.75, 3.05) is 31.7 Å². The molecule has 2 heterocycles. The molecule has 0 spiro atoms. The second-order valence-corrected chi connectivity index (χ2v) is 8.12. The van der Waals surface area contributed by atoms with E-state index in [4.69, 9.17) is 10.00 Å². The lowest BCUT2D eigenvalue weighted by molar-refractivity contribution is -0.132. The van der Waals surface area contributed by atoms with Crippen molar-refractivity contribution in [2.24, 2.45) is 0 Å². The van der Waals surface area contributed by atoms with Crippen LogP contribution in [0.25, 0.3) is 0 Å². The molecule has 0 saturated carbocycles. The van der Waals surface area contributed by atoms with E-state index in [1.807, 2.05) is 35.2 Å². The number of methoxy groups -OCH3 is 1. The van der Waals surface area contributed by atoms with E-state index in [0.29, 0.717) is 31.5 Å². The van der Waals surface area contributed by atoms with Crippen LogP contribution in [0, 0.1) is 11.3 Å². The summed E-state index contributed by atoms with van der Waals surface area (Å²) in [7, 11) is 1.62. The van der Waals surface area contributed by atoms with E-state index in [-0.39, 0.29) is 30.5 Å². The Morgan fingerprint density at radius 2 is 2.03 bits per heavy atom. The molecule has 1 aliphatic rings. The molecule has 1 N–H and O–H groups in total. The van der Waals surface area contributed by atoms with Gasteiger partial charge in [0.1, 0.15) is 17.6 Å². The number of hydrogen-bond donors (Lipinski definition) is 1. The van der Waals surface area contributed by atoms with Gasteiger partial charge in [-0.1, -0.05) is 12.1 Å². The van der Waals surface area contributed by atoms with Crippen LogP contribution in [0.4, 0.5) is 5.82 Å². The highest BCUT2D eigenvalue weighted by atomic mass is 16.5. The average molecular weight is 423 g/mol. The highest BCUT2D eigenvalue weighted by Crippen LogP contribution is 2.27. The van der Waals surface area contributed by atoms with Crippen molar-refractivity contribution in [2.45, 2.75) is 44.7 Å². The van der Waals surface area contributed by atoms with E-state index in [9.17, 15) is 9.90 Å². The molecule has 1 aromatic carbocycles. The molecule has 7 heteroatoms. The number of hydrogen-bond acceptors (Lipinski definition) is 6. The van der Waals surface area contributed by atoms with Crippen molar-refractivity contribution in [3.05, 3.63) is 53.7 Å². The van der Waals surface area contributed by atoms with E-state index in [0.717, 1.165) is 17.1 Å². The molecule has 3 unspecified atom stereocenters. The molecular formula is C24H30N4O3. The predicted molar refractivity (Wildman–Crippen MR) is 119 cm³/mol. The maximum absolute atomic E-state index is 12.9. The summed E-state index contributed by atoms with van der Waals surface area (Å²) >= 11 is 0. The van der Waals surface area contributed by atoms with E-state index in [1.54, 1.807) is 19.4 Å². The van der Waals surface area contributed by atoms with Crippen LogP contribution in [0.2, 0.25) is 0 Å². The molecular weight excluding hydrogens is 392 g/mol. The number of ether oxygens (including phenoxy) is 1. The van der Waals surface area contributed by atoms with Crippen LogP contribution in [-0.2, 0) is 4.79 Å². The van der Waals surface area contributed by atoms with Gasteiger partial charge in [0, 0.05) is 50.3 Å². The molecule has 0 radical (unpaired) electrons. The van der Waals surface area contributed by atoms with Gasteiger partial charge in [0.25, 0.3) is 0 Å². The summed E-state index contributed by atoms with van der Waals surface area (Å²) in [4.78, 5) is 21.5. The van der Waals surface area contributed by atoms with E-state index in [1.165, 1.54) is 0 Å². The first-order chi connectivity index (χ1) is 15.0. The number of rotatable bonds is 7. The van der Waals surface area contributed by atoms with Gasteiger partial charge in [0.05, 0.1) is 12.7 Å². The molecule has 3 atom stereocenters. The second kappa shape index (κ2) is 10.3. The van der Waals surface area contributed by atoms with Crippen molar-refractivity contribution in [1.29, 1.82) is 5.26 Å². The zero-order valence-corrected chi connectivity index (χ0v) is 18.4. The molecule has 31 heavy (non-hydrogen) atoms. The number of amides is 1. The quantitative estimate of drug-likeness (QED) is 0.738. The fourth-order valence-electron chi connectivity index (χ4n) is 4.30. The fraction of sp³-hybridized carbons (Fsp3) is 0.458. The summed E-state index contributed by atoms with van der Waals surface area (Å²) in [6.07, 6.45) is 2.56. The molecule has 3 rings (SSSR count). The Kier molecular flexibility index (Phi) is 7.48. The van der Waals surface area contributed by atoms with E-state index in [2.05, 4.69) is 29.8 Å². The summed E-state index contributed by atoms with van der Waals surface area (Å²) < 4.78 is 5.27. The number of aromatic nitrogens is 1. The number of nitrogens with zero attached hydrogens (tertiary/aromatic N) is 4. The molecule has 164 valence electrons. The van der Waals surface area contributed by atoms with Gasteiger partial charge in [-0.15, -0.1) is 0 Å². The molecule has 1 aromatic heterocycles. The van der Waals surface area contributed by atoms with Crippen LogP contribution >= 0.6 is 0 Å². The van der Waals surface area contributed by atoms with Crippen molar-refractivity contribution in [3.63, 3.8) is 0 Å². The first-order valence-corrected chi connectivity index (χ1v) is 10.6. The molecule has 1 aliphatic heterocycles. The summed E-state index contributed by atoms with van der Waals surface area (Å²) in [5.74, 6) is 1.58. The minimum Gasteiger partial charge on any atom is -0.497 e. The number of piperazine rings is 1. The van der Waals surface area contributed by atoms with E-state index < -0.39 is 0 Å². The minimum atomic E-state index is -0.0990. The Morgan fingerprint density at radius 1 is 1.29 bits per heavy atom. The Bertz CT molecular complexity index is 913. The highest BCUT2D eigenvalue weighted by Gasteiger charge is 2.32. The van der Waals surface area contributed by atoms with Gasteiger partial charge in [-0.25, -0.2) is 4.98 Å². The van der Waals surface area contributed by atoms with Crippen molar-refractivity contribution >= 4 is 11.7 Å². The van der Waals surface area contributed by atoms with Gasteiger partial charge in [-0.3, -0.25) is 4.79 Å². The smallest absolute Gasteiger partial charge is 0.222 e. The third-order valence-electron chi connectivity index (χ3n) is 5.91. The molecule has 0 aliphatic carbocycles. The second-order valence-electron chi connectivity index (χ2n) is 8.12. The third kappa shape index (κ3) is 5.33. The molecule has 0 bridgehead atoms. The lowest BCUT2D eigenvalue weighted by atomic mass is 9.94. The molecule has 2 aromatic rings. The van der Waals surface area contributed by atoms with Crippen LogP contribution in [0.1, 0.15) is 43.7 Å². The van der Waals surface area contributed by atoms with Crippen LogP contribution < -0.4 is 9.64 Å². The lowest BCUT2D eigenvalue weighted by Crippen LogP contribution is -2.58. The van der Waals surface area contributed by atoms with Gasteiger partial charge in [0.2, 0.25) is 5.91 Å². The average Bonchev–Trinajstić information content (AvgIpc) is 2.79. The van der Waals surface area contributed by atoms with E-state index >= 15 is 0 Å². The van der Waals surface area contributed by atoms with Crippen LogP contribution in [0.5, 0.6) is 5.75 Å². The largest absolute Gasteiger partial charge is 0.497 e. The van der Waals surface area contributed by atoms with Crippen molar-refractivity contribution < 1.29 is 14.6 Å². The Balaban J connectivity index is 1.60. The number of nitriles is 1. The number of carbonyl (C=O) groups excluding carboxylic acids is 1. The number of carbonyl (C=O) groups is 1. The third-order valence-corrected chi connectivity index (χ3v) is 5.91. The monoisotopic (exact) mass is 422 g/mol. The Hall–Kier alpha value is -3.11. The lowest BCUT2D eigenvalue weighted by Gasteiger charge is -2.45. The number of anilines is 1. The molecule has 1 fully saturated rings. The van der Waals surface area contributed by atoms with Crippen LogP contribution in [-0.4, -0.2) is 59.8 Å². The topological polar surface area (TPSA) is 89.7 Å². The van der Waals surface area contributed by atoms with Gasteiger partial charge < -0.3 is 19.6 Å². The van der Waals surface area contributed by atoms with Crippen molar-refractivity contribution in [3.8, 4) is 11.8 Å². The minimum absolute atomic E-state index is 0.00854. The standard InChI is InChI=1S/C24H30N4O3/c1-17-14-27(15-18(2)28(17)23-9-7-19(12-25)13-26-23)24(30)10-8-21(16-29)20-5-4-6-22(11-20)31-3/h4-7,9,11,13,17-18,21,29H,8,10,14-16H2,1-3H3. The number of pyridine rings is 1. The molecule has 1 amide bonds. The fourth-order valence-corrected chi connectivity index (χ4v) is 4.30. The normalized spacial score (nSPS) is 19.6. The Labute approximate surface area is 183 Å². The summed E-state index contributed by atoms with van der Waals surface area (Å²) in [5.41, 5.74) is 1.51. The first kappa shape index (κ1) is 22.6. The highest BCUT2D eigenvalue weighted by molar-refractivity contribution is 5.76. The van der Waals surface area contributed by atoms with Crippen LogP contribution in [0.15, 0.2) is 42.6 Å². The van der Waals surface area contributed by atoms with Crippen LogP contribution in [0.3, 0.4) is 0 Å². The number of aliphatic hydroxyl groups is 1. The zero-order chi connectivity index (χ0) is 22.4.